The predicted molar refractivity (Wildman–Crippen MR) is 73.6 cm³/mol. The quantitative estimate of drug-likeness (QED) is 0.766. The van der Waals surface area contributed by atoms with Gasteiger partial charge in [0, 0.05) is 24.3 Å². The van der Waals surface area contributed by atoms with Crippen molar-refractivity contribution in [1.82, 2.24) is 0 Å². The van der Waals surface area contributed by atoms with E-state index in [1.54, 1.807) is 0 Å². The molecule has 1 saturated heterocycles. The molecule has 1 aromatic rings. The normalized spacial score (nSPS) is 17.6. The summed E-state index contributed by atoms with van der Waals surface area (Å²) in [4.78, 5) is 13.3. The van der Waals surface area contributed by atoms with Crippen LogP contribution in [0.25, 0.3) is 0 Å². The van der Waals surface area contributed by atoms with Crippen molar-refractivity contribution in [1.29, 1.82) is 0 Å². The van der Waals surface area contributed by atoms with Gasteiger partial charge in [-0.2, -0.15) is 0 Å². The molecule has 0 N–H and O–H groups in total. The van der Waals surface area contributed by atoms with Crippen LogP contribution in [0.2, 0.25) is 0 Å². The highest BCUT2D eigenvalue weighted by Crippen LogP contribution is 2.30. The highest BCUT2D eigenvalue weighted by Gasteiger charge is 2.17. The summed E-state index contributed by atoms with van der Waals surface area (Å²) >= 11 is 0. The fraction of sp³-hybridized carbons (Fsp3) is 0.533. The van der Waals surface area contributed by atoms with Crippen molar-refractivity contribution in [2.75, 3.05) is 31.2 Å². The van der Waals surface area contributed by atoms with E-state index in [-0.39, 0.29) is 0 Å². The van der Waals surface area contributed by atoms with E-state index in [4.69, 9.17) is 4.74 Å². The zero-order valence-corrected chi connectivity index (χ0v) is 11.2. The lowest BCUT2D eigenvalue weighted by atomic mass is 9.94. The molecule has 1 aliphatic heterocycles. The Morgan fingerprint density at radius 1 is 1.39 bits per heavy atom. The number of ether oxygens (including phenoxy) is 1. The Bertz CT molecular complexity index is 411. The number of carbonyl (C=O) groups excluding carboxylic acids is 1. The molecule has 1 heterocycles. The number of hydrogen-bond acceptors (Lipinski definition) is 3. The molecule has 0 aliphatic carbocycles. The summed E-state index contributed by atoms with van der Waals surface area (Å²) in [6, 6.07) is 6.02. The largest absolute Gasteiger partial charge is 0.378 e. The molecule has 3 heteroatoms. The van der Waals surface area contributed by atoms with Crippen LogP contribution >= 0.6 is 0 Å². The fourth-order valence-electron chi connectivity index (χ4n) is 2.35. The lowest BCUT2D eigenvalue weighted by Gasteiger charge is -2.32. The van der Waals surface area contributed by atoms with Crippen LogP contribution in [0.1, 0.15) is 42.1 Å². The maximum absolute atomic E-state index is 10.9. The molecule has 0 spiro atoms. The van der Waals surface area contributed by atoms with Crippen molar-refractivity contribution >= 4 is 12.0 Å². The molecular formula is C15H21NO2. The molecule has 0 bridgehead atoms. The first-order chi connectivity index (χ1) is 8.76. The van der Waals surface area contributed by atoms with Gasteiger partial charge >= 0.3 is 0 Å². The lowest BCUT2D eigenvalue weighted by Crippen LogP contribution is -2.36. The third-order valence-corrected chi connectivity index (χ3v) is 3.68. The smallest absolute Gasteiger partial charge is 0.150 e. The molecule has 1 aliphatic rings. The number of anilines is 1. The molecule has 98 valence electrons. The van der Waals surface area contributed by atoms with Gasteiger partial charge in [-0.05, 0) is 36.1 Å². The summed E-state index contributed by atoms with van der Waals surface area (Å²) in [5.41, 5.74) is 3.31. The predicted octanol–water partition coefficient (Wildman–Crippen LogP) is 2.85. The van der Waals surface area contributed by atoms with Crippen molar-refractivity contribution in [3.05, 3.63) is 29.3 Å². The van der Waals surface area contributed by atoms with Crippen molar-refractivity contribution in [3.63, 3.8) is 0 Å². The SMILES string of the molecule is CC[C@H](C)c1cc(C=O)ccc1N1CCOCC1. The molecule has 1 fully saturated rings. The van der Waals surface area contributed by atoms with E-state index >= 15 is 0 Å². The van der Waals surface area contributed by atoms with Crippen LogP contribution in [-0.2, 0) is 4.74 Å². The first-order valence-corrected chi connectivity index (χ1v) is 6.68. The Morgan fingerprint density at radius 3 is 2.72 bits per heavy atom. The Morgan fingerprint density at radius 2 is 2.11 bits per heavy atom. The average Bonchev–Trinajstić information content (AvgIpc) is 2.46. The summed E-state index contributed by atoms with van der Waals surface area (Å²) in [5.74, 6) is 0.475. The zero-order valence-electron chi connectivity index (χ0n) is 11.2. The number of nitrogens with zero attached hydrogens (tertiary/aromatic N) is 1. The van der Waals surface area contributed by atoms with Gasteiger partial charge in [0.25, 0.3) is 0 Å². The van der Waals surface area contributed by atoms with Crippen molar-refractivity contribution in [3.8, 4) is 0 Å². The third kappa shape index (κ3) is 2.72. The third-order valence-electron chi connectivity index (χ3n) is 3.68. The van der Waals surface area contributed by atoms with Gasteiger partial charge in [-0.3, -0.25) is 4.79 Å². The van der Waals surface area contributed by atoms with Crippen LogP contribution in [0, 0.1) is 0 Å². The summed E-state index contributed by atoms with van der Waals surface area (Å²) in [7, 11) is 0. The molecule has 1 aromatic carbocycles. The molecule has 1 atom stereocenters. The average molecular weight is 247 g/mol. The second-order valence-electron chi connectivity index (χ2n) is 4.84. The summed E-state index contributed by atoms with van der Waals surface area (Å²) in [6.07, 6.45) is 2.01. The number of carbonyl (C=O) groups is 1. The molecule has 0 unspecified atom stereocenters. The maximum atomic E-state index is 10.9. The van der Waals surface area contributed by atoms with Crippen molar-refractivity contribution < 1.29 is 9.53 Å². The number of aldehydes is 1. The number of benzene rings is 1. The van der Waals surface area contributed by atoms with Crippen LogP contribution in [0.5, 0.6) is 0 Å². The Balaban J connectivity index is 2.34. The summed E-state index contributed by atoms with van der Waals surface area (Å²) in [6.45, 7) is 7.84. The van der Waals surface area contributed by atoms with E-state index in [0.717, 1.165) is 44.6 Å². The van der Waals surface area contributed by atoms with Gasteiger partial charge in [0.05, 0.1) is 13.2 Å². The molecular weight excluding hydrogens is 226 g/mol. The van der Waals surface area contributed by atoms with Crippen LogP contribution in [0.4, 0.5) is 5.69 Å². The van der Waals surface area contributed by atoms with Gasteiger partial charge in [-0.15, -0.1) is 0 Å². The Kier molecular flexibility index (Phi) is 4.37. The molecule has 2 rings (SSSR count). The van der Waals surface area contributed by atoms with Crippen LogP contribution in [0.3, 0.4) is 0 Å². The molecule has 0 saturated carbocycles. The van der Waals surface area contributed by atoms with E-state index < -0.39 is 0 Å². The topological polar surface area (TPSA) is 29.5 Å². The van der Waals surface area contributed by atoms with Crippen LogP contribution in [-0.4, -0.2) is 32.6 Å². The minimum Gasteiger partial charge on any atom is -0.378 e. The van der Waals surface area contributed by atoms with Gasteiger partial charge in [-0.25, -0.2) is 0 Å². The van der Waals surface area contributed by atoms with Gasteiger partial charge < -0.3 is 9.64 Å². The molecule has 0 radical (unpaired) electrons. The van der Waals surface area contributed by atoms with Gasteiger partial charge in [0.1, 0.15) is 6.29 Å². The minimum atomic E-state index is 0.475. The molecule has 3 nitrogen and oxygen atoms in total. The van der Waals surface area contributed by atoms with Crippen molar-refractivity contribution in [2.24, 2.45) is 0 Å². The zero-order chi connectivity index (χ0) is 13.0. The monoisotopic (exact) mass is 247 g/mol. The molecule has 0 amide bonds. The van der Waals surface area contributed by atoms with E-state index in [2.05, 4.69) is 24.8 Å². The van der Waals surface area contributed by atoms with Crippen molar-refractivity contribution in [2.45, 2.75) is 26.2 Å². The van der Waals surface area contributed by atoms with E-state index in [0.29, 0.717) is 5.92 Å². The Hall–Kier alpha value is -1.35. The highest BCUT2D eigenvalue weighted by molar-refractivity contribution is 5.77. The first-order valence-electron chi connectivity index (χ1n) is 6.68. The first kappa shape index (κ1) is 13.1. The maximum Gasteiger partial charge on any atom is 0.150 e. The number of morpholine rings is 1. The summed E-state index contributed by atoms with van der Waals surface area (Å²) < 4.78 is 5.39. The number of hydrogen-bond donors (Lipinski definition) is 0. The van der Waals surface area contributed by atoms with Gasteiger partial charge in [0.2, 0.25) is 0 Å². The van der Waals surface area contributed by atoms with Gasteiger partial charge in [0.15, 0.2) is 0 Å². The molecule has 18 heavy (non-hydrogen) atoms. The van der Waals surface area contributed by atoms with E-state index in [1.165, 1.54) is 11.3 Å². The Labute approximate surface area is 109 Å². The summed E-state index contributed by atoms with van der Waals surface area (Å²) in [5, 5.41) is 0. The highest BCUT2D eigenvalue weighted by atomic mass is 16.5. The van der Waals surface area contributed by atoms with Gasteiger partial charge in [-0.1, -0.05) is 13.8 Å². The molecule has 0 aromatic heterocycles. The van der Waals surface area contributed by atoms with E-state index in [9.17, 15) is 4.79 Å². The fourth-order valence-corrected chi connectivity index (χ4v) is 2.35. The number of rotatable bonds is 4. The minimum absolute atomic E-state index is 0.475. The second-order valence-corrected chi connectivity index (χ2v) is 4.84. The van der Waals surface area contributed by atoms with Crippen LogP contribution in [0.15, 0.2) is 18.2 Å². The lowest BCUT2D eigenvalue weighted by molar-refractivity contribution is 0.112. The second kappa shape index (κ2) is 6.01. The van der Waals surface area contributed by atoms with E-state index in [1.807, 2.05) is 12.1 Å². The standard InChI is InChI=1S/C15H21NO2/c1-3-12(2)14-10-13(11-17)4-5-15(14)16-6-8-18-9-7-16/h4-5,10-12H,3,6-9H2,1-2H3/t12-/m0/s1. The van der Waals surface area contributed by atoms with Crippen LogP contribution < -0.4 is 4.90 Å².